The maximum atomic E-state index is 13.3. The van der Waals surface area contributed by atoms with Crippen molar-refractivity contribution in [3.05, 3.63) is 35.1 Å². The molecule has 1 atom stereocenters. The monoisotopic (exact) mass is 250 g/mol. The average Bonchev–Trinajstić information content (AvgIpc) is 2.37. The maximum absolute atomic E-state index is 13.3. The van der Waals surface area contributed by atoms with E-state index in [2.05, 4.69) is 6.92 Å². The van der Waals surface area contributed by atoms with E-state index in [0.29, 0.717) is 12.0 Å². The van der Waals surface area contributed by atoms with Gasteiger partial charge in [0.25, 0.3) is 0 Å². The fraction of sp³-hybridized carbons (Fsp3) is 0.562. The molecule has 0 aliphatic heterocycles. The van der Waals surface area contributed by atoms with Crippen LogP contribution in [0.3, 0.4) is 0 Å². The molecular weight excluding hydrogens is 227 g/mol. The zero-order valence-electron chi connectivity index (χ0n) is 11.6. The summed E-state index contributed by atoms with van der Waals surface area (Å²) in [5, 5.41) is 0. The third kappa shape index (κ3) is 3.94. The fourth-order valence-corrected chi connectivity index (χ4v) is 2.24. The maximum Gasteiger partial charge on any atom is 0.140 e. The molecule has 0 radical (unpaired) electrons. The van der Waals surface area contributed by atoms with Crippen molar-refractivity contribution in [1.82, 2.24) is 0 Å². The summed E-state index contributed by atoms with van der Waals surface area (Å²) in [4.78, 5) is 12.0. The summed E-state index contributed by atoms with van der Waals surface area (Å²) in [5.74, 6) is 0.00738. The molecule has 1 aromatic carbocycles. The van der Waals surface area contributed by atoms with Gasteiger partial charge < -0.3 is 0 Å². The van der Waals surface area contributed by atoms with Crippen LogP contribution in [0.5, 0.6) is 0 Å². The Morgan fingerprint density at radius 3 is 2.56 bits per heavy atom. The van der Waals surface area contributed by atoms with Gasteiger partial charge in [0.15, 0.2) is 0 Å². The lowest BCUT2D eigenvalue weighted by Crippen LogP contribution is -2.12. The first-order valence-electron chi connectivity index (χ1n) is 6.88. The van der Waals surface area contributed by atoms with Gasteiger partial charge in [-0.05, 0) is 30.5 Å². The van der Waals surface area contributed by atoms with Crippen LogP contribution >= 0.6 is 0 Å². The predicted molar refractivity (Wildman–Crippen MR) is 73.3 cm³/mol. The van der Waals surface area contributed by atoms with E-state index >= 15 is 0 Å². The summed E-state index contributed by atoms with van der Waals surface area (Å²) >= 11 is 0. The van der Waals surface area contributed by atoms with E-state index in [0.717, 1.165) is 31.2 Å². The van der Waals surface area contributed by atoms with Crippen molar-refractivity contribution in [2.24, 2.45) is 0 Å². The molecule has 1 rings (SSSR count). The van der Waals surface area contributed by atoms with Crippen LogP contribution in [0.2, 0.25) is 0 Å². The third-order valence-electron chi connectivity index (χ3n) is 3.42. The highest BCUT2D eigenvalue weighted by atomic mass is 19.1. The number of hydrogen-bond acceptors (Lipinski definition) is 1. The first-order chi connectivity index (χ1) is 8.60. The Morgan fingerprint density at radius 2 is 2.00 bits per heavy atom. The second-order valence-electron chi connectivity index (χ2n) is 4.88. The van der Waals surface area contributed by atoms with Crippen LogP contribution in [0.25, 0.3) is 0 Å². The topological polar surface area (TPSA) is 17.1 Å². The van der Waals surface area contributed by atoms with Gasteiger partial charge >= 0.3 is 0 Å². The first kappa shape index (κ1) is 14.9. The normalized spacial score (nSPS) is 12.4. The van der Waals surface area contributed by atoms with Crippen LogP contribution in [-0.2, 0) is 4.79 Å². The van der Waals surface area contributed by atoms with E-state index in [4.69, 9.17) is 0 Å². The van der Waals surface area contributed by atoms with Crippen molar-refractivity contribution >= 4 is 5.78 Å². The molecule has 0 heterocycles. The summed E-state index contributed by atoms with van der Waals surface area (Å²) in [7, 11) is 0. The largest absolute Gasteiger partial charge is 0.299 e. The molecule has 0 N–H and O–H groups in total. The van der Waals surface area contributed by atoms with E-state index in [1.165, 1.54) is 6.07 Å². The minimum Gasteiger partial charge on any atom is -0.299 e. The second-order valence-corrected chi connectivity index (χ2v) is 4.88. The predicted octanol–water partition coefficient (Wildman–Crippen LogP) is 4.78. The number of ketones is 1. The number of halogens is 1. The molecule has 18 heavy (non-hydrogen) atoms. The Morgan fingerprint density at radius 1 is 1.28 bits per heavy atom. The van der Waals surface area contributed by atoms with Crippen LogP contribution in [-0.4, -0.2) is 5.78 Å². The zero-order chi connectivity index (χ0) is 13.5. The van der Waals surface area contributed by atoms with E-state index in [1.54, 1.807) is 13.0 Å². The zero-order valence-corrected chi connectivity index (χ0v) is 11.6. The molecule has 1 aromatic rings. The second kappa shape index (κ2) is 7.30. The fourth-order valence-electron chi connectivity index (χ4n) is 2.24. The SMILES string of the molecule is CCCCCC(C(=O)CC)c1ccc(F)c(C)c1. The molecule has 2 heteroatoms. The number of benzene rings is 1. The van der Waals surface area contributed by atoms with Gasteiger partial charge in [-0.3, -0.25) is 4.79 Å². The molecule has 0 saturated carbocycles. The summed E-state index contributed by atoms with van der Waals surface area (Å²) in [5.41, 5.74) is 1.59. The lowest BCUT2D eigenvalue weighted by molar-refractivity contribution is -0.120. The van der Waals surface area contributed by atoms with Crippen molar-refractivity contribution in [2.75, 3.05) is 0 Å². The number of hydrogen-bond donors (Lipinski definition) is 0. The molecule has 100 valence electrons. The lowest BCUT2D eigenvalue weighted by atomic mass is 9.87. The number of aryl methyl sites for hydroxylation is 1. The Hall–Kier alpha value is -1.18. The Bertz CT molecular complexity index is 398. The van der Waals surface area contributed by atoms with Gasteiger partial charge in [-0.1, -0.05) is 45.2 Å². The van der Waals surface area contributed by atoms with E-state index in [-0.39, 0.29) is 17.5 Å². The van der Waals surface area contributed by atoms with E-state index in [9.17, 15) is 9.18 Å². The van der Waals surface area contributed by atoms with Gasteiger partial charge in [0.1, 0.15) is 11.6 Å². The van der Waals surface area contributed by atoms with Crippen LogP contribution in [0.1, 0.15) is 63.0 Å². The minimum atomic E-state index is -0.199. The van der Waals surface area contributed by atoms with Crippen molar-refractivity contribution in [2.45, 2.75) is 58.8 Å². The molecule has 0 fully saturated rings. The number of Topliss-reactive ketones (excluding diaryl/α,β-unsaturated/α-hetero) is 1. The smallest absolute Gasteiger partial charge is 0.140 e. The van der Waals surface area contributed by atoms with Crippen LogP contribution in [0.4, 0.5) is 4.39 Å². The number of carbonyl (C=O) groups is 1. The summed E-state index contributed by atoms with van der Waals surface area (Å²) in [6.45, 7) is 5.79. The molecule has 1 unspecified atom stereocenters. The quantitative estimate of drug-likeness (QED) is 0.637. The van der Waals surface area contributed by atoms with Gasteiger partial charge in [-0.25, -0.2) is 4.39 Å². The summed E-state index contributed by atoms with van der Waals surface area (Å²) < 4.78 is 13.3. The highest BCUT2D eigenvalue weighted by molar-refractivity contribution is 5.85. The van der Waals surface area contributed by atoms with Crippen molar-refractivity contribution in [3.63, 3.8) is 0 Å². The lowest BCUT2D eigenvalue weighted by Gasteiger charge is -2.16. The Kier molecular flexibility index (Phi) is 6.03. The molecule has 0 spiro atoms. The number of rotatable bonds is 7. The highest BCUT2D eigenvalue weighted by Crippen LogP contribution is 2.26. The van der Waals surface area contributed by atoms with Crippen LogP contribution in [0.15, 0.2) is 18.2 Å². The van der Waals surface area contributed by atoms with Crippen LogP contribution in [0, 0.1) is 12.7 Å². The third-order valence-corrected chi connectivity index (χ3v) is 3.42. The van der Waals surface area contributed by atoms with Crippen molar-refractivity contribution in [1.29, 1.82) is 0 Å². The van der Waals surface area contributed by atoms with Crippen molar-refractivity contribution in [3.8, 4) is 0 Å². The summed E-state index contributed by atoms with van der Waals surface area (Å²) in [6.07, 6.45) is 4.78. The number of carbonyl (C=O) groups excluding carboxylic acids is 1. The minimum absolute atomic E-state index is 0.0548. The number of unbranched alkanes of at least 4 members (excludes halogenated alkanes) is 2. The van der Waals surface area contributed by atoms with Crippen LogP contribution < -0.4 is 0 Å². The van der Waals surface area contributed by atoms with Gasteiger partial charge in [-0.2, -0.15) is 0 Å². The average molecular weight is 250 g/mol. The Labute approximate surface area is 109 Å². The van der Waals surface area contributed by atoms with E-state index in [1.807, 2.05) is 13.0 Å². The molecule has 0 aromatic heterocycles. The molecule has 0 bridgehead atoms. The summed E-state index contributed by atoms with van der Waals surface area (Å²) in [6, 6.07) is 5.05. The molecule has 0 amide bonds. The molecular formula is C16H23FO. The highest BCUT2D eigenvalue weighted by Gasteiger charge is 2.19. The van der Waals surface area contributed by atoms with Gasteiger partial charge in [0.05, 0.1) is 0 Å². The molecule has 0 saturated heterocycles. The first-order valence-corrected chi connectivity index (χ1v) is 6.88. The molecule has 1 nitrogen and oxygen atoms in total. The standard InChI is InChI=1S/C16H23FO/c1-4-6-7-8-14(16(18)5-2)13-9-10-15(17)12(3)11-13/h9-11,14H,4-8H2,1-3H3. The van der Waals surface area contributed by atoms with Gasteiger partial charge in [0.2, 0.25) is 0 Å². The van der Waals surface area contributed by atoms with E-state index < -0.39 is 0 Å². The molecule has 0 aliphatic rings. The van der Waals surface area contributed by atoms with Gasteiger partial charge in [0, 0.05) is 12.3 Å². The Balaban J connectivity index is 2.87. The molecule has 0 aliphatic carbocycles. The van der Waals surface area contributed by atoms with Gasteiger partial charge in [-0.15, -0.1) is 0 Å². The van der Waals surface area contributed by atoms with Crippen molar-refractivity contribution < 1.29 is 9.18 Å².